The highest BCUT2D eigenvalue weighted by atomic mass is 79.9. The van der Waals surface area contributed by atoms with Crippen LogP contribution in [0.1, 0.15) is 23.2 Å². The molecule has 2 aliphatic carbocycles. The predicted molar refractivity (Wildman–Crippen MR) is 97.1 cm³/mol. The molecule has 3 fully saturated rings. The van der Waals surface area contributed by atoms with Gasteiger partial charge in [0.05, 0.1) is 16.7 Å². The molecule has 2 bridgehead atoms. The van der Waals surface area contributed by atoms with E-state index in [1.807, 2.05) is 0 Å². The molecule has 1 aromatic rings. The van der Waals surface area contributed by atoms with Crippen molar-refractivity contribution in [2.24, 2.45) is 23.7 Å². The molecule has 2 saturated carbocycles. The van der Waals surface area contributed by atoms with Gasteiger partial charge in [0.15, 0.2) is 6.10 Å². The molecule has 1 aliphatic heterocycles. The maximum absolute atomic E-state index is 13.1. The standard InChI is InChI=1S/C19H17BrClFO5/c20-15-10-7-11-14(19(25)27-17(11)15)13(10)18(24)26-12(5-6-21)16(23)8-1-3-9(22)4-2-8/h1-4,10-15,17H,5-7H2/t10-,11-,12+,13-,14+,15-,17+/m1/s1. The van der Waals surface area contributed by atoms with Crippen molar-refractivity contribution in [2.75, 3.05) is 5.88 Å². The first kappa shape index (κ1) is 18.9. The van der Waals surface area contributed by atoms with Crippen LogP contribution in [0.3, 0.4) is 0 Å². The Morgan fingerprint density at radius 1 is 1.30 bits per heavy atom. The van der Waals surface area contributed by atoms with Crippen LogP contribution in [-0.2, 0) is 19.1 Å². The summed E-state index contributed by atoms with van der Waals surface area (Å²) in [4.78, 5) is 37.7. The summed E-state index contributed by atoms with van der Waals surface area (Å²) in [5.41, 5.74) is 0.242. The van der Waals surface area contributed by atoms with Crippen molar-refractivity contribution >= 4 is 45.3 Å². The highest BCUT2D eigenvalue weighted by molar-refractivity contribution is 9.09. The number of hydrogen-bond acceptors (Lipinski definition) is 5. The summed E-state index contributed by atoms with van der Waals surface area (Å²) in [6.07, 6.45) is -0.388. The highest BCUT2D eigenvalue weighted by Gasteiger charge is 2.68. The van der Waals surface area contributed by atoms with E-state index in [9.17, 15) is 18.8 Å². The number of halogens is 3. The predicted octanol–water partition coefficient (Wildman–Crippen LogP) is 3.12. The first-order chi connectivity index (χ1) is 12.9. The summed E-state index contributed by atoms with van der Waals surface area (Å²) in [6.45, 7) is 0. The Labute approximate surface area is 168 Å². The number of esters is 2. The Hall–Kier alpha value is -1.47. The van der Waals surface area contributed by atoms with Crippen LogP contribution in [0, 0.1) is 29.5 Å². The first-order valence-corrected chi connectivity index (χ1v) is 10.3. The molecule has 4 rings (SSSR count). The Balaban J connectivity index is 1.52. The SMILES string of the molecule is O=C(O[C@@H](CCCl)C(=O)c1ccc(F)cc1)[C@@H]1[C@H]2C[C@H]3[C@H](OC(=O)[C@@H]31)[C@@H]2Br. The molecule has 0 unspecified atom stereocenters. The molecule has 1 aromatic carbocycles. The van der Waals surface area contributed by atoms with Gasteiger partial charge in [-0.25, -0.2) is 4.39 Å². The van der Waals surface area contributed by atoms with Crippen LogP contribution in [-0.4, -0.2) is 40.6 Å². The second-order valence-electron chi connectivity index (χ2n) is 7.24. The molecule has 5 nitrogen and oxygen atoms in total. The van der Waals surface area contributed by atoms with Gasteiger partial charge < -0.3 is 9.47 Å². The fourth-order valence-corrected chi connectivity index (χ4v) is 5.90. The normalized spacial score (nSPS) is 34.4. The van der Waals surface area contributed by atoms with Gasteiger partial charge in [-0.05, 0) is 36.6 Å². The molecule has 27 heavy (non-hydrogen) atoms. The Morgan fingerprint density at radius 2 is 2.00 bits per heavy atom. The summed E-state index contributed by atoms with van der Waals surface area (Å²) < 4.78 is 24.0. The van der Waals surface area contributed by atoms with Crippen LogP contribution >= 0.6 is 27.5 Å². The van der Waals surface area contributed by atoms with E-state index in [0.717, 1.165) is 6.42 Å². The quantitative estimate of drug-likeness (QED) is 0.371. The number of Topliss-reactive ketones (excluding diaryl/α,β-unsaturated/α-hetero) is 1. The van der Waals surface area contributed by atoms with Crippen LogP contribution in [0.2, 0.25) is 0 Å². The lowest BCUT2D eigenvalue weighted by Gasteiger charge is -2.28. The zero-order chi connectivity index (χ0) is 19.3. The van der Waals surface area contributed by atoms with Crippen molar-refractivity contribution in [3.05, 3.63) is 35.6 Å². The molecule has 1 saturated heterocycles. The van der Waals surface area contributed by atoms with Gasteiger partial charge in [0.2, 0.25) is 5.78 Å². The smallest absolute Gasteiger partial charge is 0.310 e. The Kier molecular flexibility index (Phi) is 5.01. The third kappa shape index (κ3) is 3.09. The van der Waals surface area contributed by atoms with E-state index in [-0.39, 0.29) is 46.6 Å². The third-order valence-electron chi connectivity index (χ3n) is 5.85. The van der Waals surface area contributed by atoms with E-state index in [4.69, 9.17) is 21.1 Å². The zero-order valence-electron chi connectivity index (χ0n) is 14.1. The van der Waals surface area contributed by atoms with Gasteiger partial charge in [-0.15, -0.1) is 11.6 Å². The number of ether oxygens (including phenoxy) is 2. The second kappa shape index (κ2) is 7.17. The molecule has 0 N–H and O–H groups in total. The number of benzene rings is 1. The molecule has 7 atom stereocenters. The highest BCUT2D eigenvalue weighted by Crippen LogP contribution is 2.60. The molecule has 144 valence electrons. The van der Waals surface area contributed by atoms with Gasteiger partial charge in [0, 0.05) is 23.8 Å². The molecule has 0 spiro atoms. The van der Waals surface area contributed by atoms with Crippen LogP contribution < -0.4 is 0 Å². The summed E-state index contributed by atoms with van der Waals surface area (Å²) in [5, 5.41) is 0. The molecule has 0 radical (unpaired) electrons. The minimum absolute atomic E-state index is 0.0173. The number of hydrogen-bond donors (Lipinski definition) is 0. The maximum atomic E-state index is 13.1. The number of fused-ring (bicyclic) bond motifs is 1. The maximum Gasteiger partial charge on any atom is 0.310 e. The van der Waals surface area contributed by atoms with E-state index in [2.05, 4.69) is 15.9 Å². The summed E-state index contributed by atoms with van der Waals surface area (Å²) >= 11 is 9.33. The summed E-state index contributed by atoms with van der Waals surface area (Å²) in [5.74, 6) is -2.87. The number of alkyl halides is 2. The molecule has 8 heteroatoms. The average molecular weight is 460 g/mol. The largest absolute Gasteiger partial charge is 0.461 e. The van der Waals surface area contributed by atoms with Gasteiger partial charge in [-0.1, -0.05) is 15.9 Å². The van der Waals surface area contributed by atoms with E-state index in [1.54, 1.807) is 0 Å². The Bertz CT molecular complexity index is 785. The van der Waals surface area contributed by atoms with Crippen molar-refractivity contribution in [3.8, 4) is 0 Å². The molecule has 1 heterocycles. The average Bonchev–Trinajstić information content (AvgIpc) is 3.25. The minimum Gasteiger partial charge on any atom is -0.461 e. The van der Waals surface area contributed by atoms with Gasteiger partial charge in [0.25, 0.3) is 0 Å². The fourth-order valence-electron chi connectivity index (χ4n) is 4.66. The van der Waals surface area contributed by atoms with Gasteiger partial charge in [-0.2, -0.15) is 0 Å². The molecule has 0 amide bonds. The number of carbonyl (C=O) groups excluding carboxylic acids is 3. The second-order valence-corrected chi connectivity index (χ2v) is 8.67. The van der Waals surface area contributed by atoms with Gasteiger partial charge in [0.1, 0.15) is 11.9 Å². The van der Waals surface area contributed by atoms with E-state index in [0.29, 0.717) is 0 Å². The van der Waals surface area contributed by atoms with Gasteiger partial charge in [-0.3, -0.25) is 14.4 Å². The number of carbonyl (C=O) groups is 3. The number of rotatable bonds is 6. The summed E-state index contributed by atoms with van der Waals surface area (Å²) in [6, 6.07) is 5.04. The number of ketones is 1. The van der Waals surface area contributed by atoms with Crippen molar-refractivity contribution in [3.63, 3.8) is 0 Å². The van der Waals surface area contributed by atoms with Crippen molar-refractivity contribution < 1.29 is 28.2 Å². The van der Waals surface area contributed by atoms with Crippen molar-refractivity contribution in [2.45, 2.75) is 29.9 Å². The lowest BCUT2D eigenvalue weighted by molar-refractivity contribution is -0.158. The first-order valence-electron chi connectivity index (χ1n) is 8.83. The lowest BCUT2D eigenvalue weighted by Crippen LogP contribution is -2.41. The Morgan fingerprint density at radius 3 is 2.67 bits per heavy atom. The fraction of sp³-hybridized carbons (Fsp3) is 0.526. The monoisotopic (exact) mass is 458 g/mol. The lowest BCUT2D eigenvalue weighted by atomic mass is 9.80. The van der Waals surface area contributed by atoms with Crippen LogP contribution in [0.25, 0.3) is 0 Å². The molecule has 3 aliphatic rings. The zero-order valence-corrected chi connectivity index (χ0v) is 16.5. The van der Waals surface area contributed by atoms with E-state index in [1.165, 1.54) is 24.3 Å². The van der Waals surface area contributed by atoms with Crippen LogP contribution in [0.4, 0.5) is 4.39 Å². The van der Waals surface area contributed by atoms with Crippen LogP contribution in [0.15, 0.2) is 24.3 Å². The van der Waals surface area contributed by atoms with Crippen LogP contribution in [0.5, 0.6) is 0 Å². The third-order valence-corrected chi connectivity index (χ3v) is 7.26. The topological polar surface area (TPSA) is 69.7 Å². The summed E-state index contributed by atoms with van der Waals surface area (Å²) in [7, 11) is 0. The molecular weight excluding hydrogens is 443 g/mol. The van der Waals surface area contributed by atoms with E-state index < -0.39 is 35.5 Å². The molecular formula is C19H17BrClFO5. The van der Waals surface area contributed by atoms with Crippen molar-refractivity contribution in [1.29, 1.82) is 0 Å². The van der Waals surface area contributed by atoms with E-state index >= 15 is 0 Å². The molecule has 0 aromatic heterocycles. The van der Waals surface area contributed by atoms with Crippen molar-refractivity contribution in [1.82, 2.24) is 0 Å². The van der Waals surface area contributed by atoms with Gasteiger partial charge >= 0.3 is 11.9 Å². The minimum atomic E-state index is -1.07.